The minimum atomic E-state index is -0.263. The van der Waals surface area contributed by atoms with Crippen molar-refractivity contribution < 1.29 is 9.13 Å². The quantitative estimate of drug-likeness (QED) is 0.741. The number of hydrogen-bond acceptors (Lipinski definition) is 3. The minimum absolute atomic E-state index is 0.263. The fourth-order valence-corrected chi connectivity index (χ4v) is 3.26. The SMILES string of the molecule is CC(C)CNCc1cc(F)cc(OCc2cc(Br)cs2)c1. The van der Waals surface area contributed by atoms with Crippen molar-refractivity contribution in [1.29, 1.82) is 0 Å². The van der Waals surface area contributed by atoms with Gasteiger partial charge in [-0.3, -0.25) is 0 Å². The van der Waals surface area contributed by atoms with E-state index < -0.39 is 0 Å². The van der Waals surface area contributed by atoms with E-state index >= 15 is 0 Å². The maximum absolute atomic E-state index is 13.6. The van der Waals surface area contributed by atoms with Gasteiger partial charge in [0.2, 0.25) is 0 Å². The number of thiophene rings is 1. The van der Waals surface area contributed by atoms with E-state index in [2.05, 4.69) is 35.1 Å². The lowest BCUT2D eigenvalue weighted by atomic mass is 10.2. The Labute approximate surface area is 137 Å². The van der Waals surface area contributed by atoms with Crippen LogP contribution in [0.4, 0.5) is 4.39 Å². The lowest BCUT2D eigenvalue weighted by Crippen LogP contribution is -2.19. The molecule has 2 rings (SSSR count). The van der Waals surface area contributed by atoms with Crippen molar-refractivity contribution in [3.63, 3.8) is 0 Å². The van der Waals surface area contributed by atoms with Gasteiger partial charge in [-0.2, -0.15) is 0 Å². The molecule has 0 aliphatic rings. The van der Waals surface area contributed by atoms with E-state index in [0.29, 0.717) is 24.8 Å². The van der Waals surface area contributed by atoms with Crippen LogP contribution in [0.5, 0.6) is 5.75 Å². The van der Waals surface area contributed by atoms with E-state index in [0.717, 1.165) is 21.5 Å². The Morgan fingerprint density at radius 2 is 2.10 bits per heavy atom. The molecule has 2 aromatic rings. The molecule has 0 unspecified atom stereocenters. The zero-order chi connectivity index (χ0) is 15.2. The summed E-state index contributed by atoms with van der Waals surface area (Å²) < 4.78 is 20.4. The molecule has 1 aromatic carbocycles. The summed E-state index contributed by atoms with van der Waals surface area (Å²) in [5, 5.41) is 5.31. The van der Waals surface area contributed by atoms with Gasteiger partial charge in [-0.1, -0.05) is 13.8 Å². The first kappa shape index (κ1) is 16.5. The van der Waals surface area contributed by atoms with Crippen molar-refractivity contribution in [3.8, 4) is 5.75 Å². The van der Waals surface area contributed by atoms with Gasteiger partial charge in [0, 0.05) is 27.3 Å². The molecule has 0 atom stereocenters. The van der Waals surface area contributed by atoms with E-state index in [4.69, 9.17) is 4.74 Å². The Bertz CT molecular complexity index is 585. The van der Waals surface area contributed by atoms with E-state index in [1.165, 1.54) is 6.07 Å². The second kappa shape index (κ2) is 7.92. The lowest BCUT2D eigenvalue weighted by molar-refractivity contribution is 0.307. The predicted octanol–water partition coefficient (Wildman–Crippen LogP) is 4.97. The highest BCUT2D eigenvalue weighted by molar-refractivity contribution is 9.10. The summed E-state index contributed by atoms with van der Waals surface area (Å²) in [6, 6.07) is 6.87. The first-order chi connectivity index (χ1) is 10.0. The molecule has 0 spiro atoms. The highest BCUT2D eigenvalue weighted by atomic mass is 79.9. The molecule has 5 heteroatoms. The topological polar surface area (TPSA) is 21.3 Å². The van der Waals surface area contributed by atoms with Gasteiger partial charge in [-0.15, -0.1) is 11.3 Å². The van der Waals surface area contributed by atoms with Crippen LogP contribution < -0.4 is 10.1 Å². The van der Waals surface area contributed by atoms with Crippen molar-refractivity contribution in [2.24, 2.45) is 5.92 Å². The average Bonchev–Trinajstić information content (AvgIpc) is 2.81. The smallest absolute Gasteiger partial charge is 0.127 e. The van der Waals surface area contributed by atoms with Crippen LogP contribution in [-0.4, -0.2) is 6.54 Å². The average molecular weight is 372 g/mol. The number of nitrogens with one attached hydrogen (secondary N) is 1. The monoisotopic (exact) mass is 371 g/mol. The number of benzene rings is 1. The largest absolute Gasteiger partial charge is 0.488 e. The second-order valence-corrected chi connectivity index (χ2v) is 7.25. The molecule has 0 radical (unpaired) electrons. The zero-order valence-corrected chi connectivity index (χ0v) is 14.6. The molecule has 114 valence electrons. The molecule has 0 saturated heterocycles. The standard InChI is InChI=1S/C16H19BrFNOS/c1-11(2)7-19-8-12-3-14(18)6-15(4-12)20-9-16-5-13(17)10-21-16/h3-6,10-11,19H,7-9H2,1-2H3. The summed E-state index contributed by atoms with van der Waals surface area (Å²) in [6.45, 7) is 6.31. The Hall–Kier alpha value is -0.910. The highest BCUT2D eigenvalue weighted by Gasteiger charge is 2.04. The summed E-state index contributed by atoms with van der Waals surface area (Å²) in [4.78, 5) is 1.10. The minimum Gasteiger partial charge on any atom is -0.488 e. The molecule has 1 heterocycles. The summed E-state index contributed by atoms with van der Waals surface area (Å²) >= 11 is 5.02. The molecule has 1 aromatic heterocycles. The van der Waals surface area contributed by atoms with Gasteiger partial charge in [-0.05, 0) is 52.2 Å². The van der Waals surface area contributed by atoms with Crippen LogP contribution in [0.25, 0.3) is 0 Å². The highest BCUT2D eigenvalue weighted by Crippen LogP contribution is 2.23. The molecular formula is C16H19BrFNOS. The Balaban J connectivity index is 1.94. The lowest BCUT2D eigenvalue weighted by Gasteiger charge is -2.10. The predicted molar refractivity (Wildman–Crippen MR) is 89.3 cm³/mol. The summed E-state index contributed by atoms with van der Waals surface area (Å²) in [6.07, 6.45) is 0. The maximum Gasteiger partial charge on any atom is 0.127 e. The normalized spacial score (nSPS) is 11.1. The van der Waals surface area contributed by atoms with Gasteiger partial charge in [-0.25, -0.2) is 4.39 Å². The van der Waals surface area contributed by atoms with Crippen LogP contribution in [0.3, 0.4) is 0 Å². The van der Waals surface area contributed by atoms with Crippen LogP contribution in [0.15, 0.2) is 34.1 Å². The molecule has 0 amide bonds. The van der Waals surface area contributed by atoms with Crippen molar-refractivity contribution in [2.75, 3.05) is 6.54 Å². The number of halogens is 2. The van der Waals surface area contributed by atoms with Crippen molar-refractivity contribution >= 4 is 27.3 Å². The van der Waals surface area contributed by atoms with Crippen LogP contribution in [-0.2, 0) is 13.2 Å². The van der Waals surface area contributed by atoms with Crippen molar-refractivity contribution in [3.05, 3.63) is 50.4 Å². The van der Waals surface area contributed by atoms with Crippen LogP contribution >= 0.6 is 27.3 Å². The molecule has 0 aliphatic carbocycles. The summed E-state index contributed by atoms with van der Waals surface area (Å²) in [5.74, 6) is 0.883. The van der Waals surface area contributed by atoms with Gasteiger partial charge < -0.3 is 10.1 Å². The molecule has 21 heavy (non-hydrogen) atoms. The van der Waals surface area contributed by atoms with Gasteiger partial charge in [0.05, 0.1) is 0 Å². The third-order valence-electron chi connectivity index (χ3n) is 2.82. The van der Waals surface area contributed by atoms with Crippen molar-refractivity contribution in [2.45, 2.75) is 27.0 Å². The zero-order valence-electron chi connectivity index (χ0n) is 12.2. The third-order valence-corrected chi connectivity index (χ3v) is 4.49. The Morgan fingerprint density at radius 3 is 2.76 bits per heavy atom. The van der Waals surface area contributed by atoms with Crippen molar-refractivity contribution in [1.82, 2.24) is 5.32 Å². The first-order valence-corrected chi connectivity index (χ1v) is 8.56. The first-order valence-electron chi connectivity index (χ1n) is 6.89. The van der Waals surface area contributed by atoms with Crippen LogP contribution in [0.2, 0.25) is 0 Å². The number of rotatable bonds is 7. The van der Waals surface area contributed by atoms with Crippen LogP contribution in [0, 0.1) is 11.7 Å². The fraction of sp³-hybridized carbons (Fsp3) is 0.375. The van der Waals surface area contributed by atoms with E-state index in [-0.39, 0.29) is 5.82 Å². The van der Waals surface area contributed by atoms with E-state index in [1.807, 2.05) is 17.5 Å². The maximum atomic E-state index is 13.6. The molecule has 0 bridgehead atoms. The molecule has 0 fully saturated rings. The van der Waals surface area contributed by atoms with Gasteiger partial charge in [0.1, 0.15) is 18.2 Å². The summed E-state index contributed by atoms with van der Waals surface area (Å²) in [7, 11) is 0. The third kappa shape index (κ3) is 5.77. The van der Waals surface area contributed by atoms with E-state index in [9.17, 15) is 4.39 Å². The molecule has 1 N–H and O–H groups in total. The van der Waals surface area contributed by atoms with Gasteiger partial charge in [0.15, 0.2) is 0 Å². The Kier molecular flexibility index (Phi) is 6.21. The molecule has 2 nitrogen and oxygen atoms in total. The van der Waals surface area contributed by atoms with Gasteiger partial charge >= 0.3 is 0 Å². The van der Waals surface area contributed by atoms with Crippen LogP contribution in [0.1, 0.15) is 24.3 Å². The molecule has 0 aliphatic heterocycles. The number of hydrogen-bond donors (Lipinski definition) is 1. The van der Waals surface area contributed by atoms with E-state index in [1.54, 1.807) is 17.4 Å². The summed E-state index contributed by atoms with van der Waals surface area (Å²) in [5.41, 5.74) is 0.901. The number of ether oxygens (including phenoxy) is 1. The molecular weight excluding hydrogens is 353 g/mol. The Morgan fingerprint density at radius 1 is 1.29 bits per heavy atom. The molecule has 0 saturated carbocycles. The second-order valence-electron chi connectivity index (χ2n) is 5.34. The fourth-order valence-electron chi connectivity index (χ4n) is 1.90. The van der Waals surface area contributed by atoms with Gasteiger partial charge in [0.25, 0.3) is 0 Å².